The highest BCUT2D eigenvalue weighted by Crippen LogP contribution is 2.16. The number of hydrogen-bond donors (Lipinski definition) is 0. The van der Waals surface area contributed by atoms with E-state index in [-0.39, 0.29) is 5.91 Å². The first kappa shape index (κ1) is 15.7. The minimum Gasteiger partial charge on any atom is -0.336 e. The van der Waals surface area contributed by atoms with Crippen molar-refractivity contribution in [1.82, 2.24) is 14.8 Å². The van der Waals surface area contributed by atoms with E-state index in [0.29, 0.717) is 0 Å². The molecular formula is C19H23N3O. The summed E-state index contributed by atoms with van der Waals surface area (Å²) in [6.07, 6.45) is 3.71. The molecule has 1 aliphatic rings. The zero-order chi connectivity index (χ0) is 16.2. The van der Waals surface area contributed by atoms with E-state index >= 15 is 0 Å². The standard InChI is InChI=1S/C19H23N3O/c1-15-5-3-7-18(16(15)2)19(23)22-11-9-21(10-12-22)14-17-6-4-8-20-13-17/h3-8,13H,9-12,14H2,1-2H3. The summed E-state index contributed by atoms with van der Waals surface area (Å²) in [5.74, 6) is 0.159. The van der Waals surface area contributed by atoms with Gasteiger partial charge in [0.2, 0.25) is 0 Å². The molecule has 0 spiro atoms. The van der Waals surface area contributed by atoms with Crippen molar-refractivity contribution in [1.29, 1.82) is 0 Å². The van der Waals surface area contributed by atoms with Crippen LogP contribution in [0, 0.1) is 13.8 Å². The molecule has 0 radical (unpaired) electrons. The van der Waals surface area contributed by atoms with Gasteiger partial charge in [0.15, 0.2) is 0 Å². The van der Waals surface area contributed by atoms with Gasteiger partial charge in [-0.3, -0.25) is 14.7 Å². The zero-order valence-electron chi connectivity index (χ0n) is 13.8. The van der Waals surface area contributed by atoms with Gasteiger partial charge in [0.05, 0.1) is 0 Å². The minimum atomic E-state index is 0.159. The normalized spacial score (nSPS) is 15.7. The van der Waals surface area contributed by atoms with Crippen LogP contribution in [0.15, 0.2) is 42.7 Å². The Balaban J connectivity index is 1.60. The lowest BCUT2D eigenvalue weighted by Crippen LogP contribution is -2.48. The molecule has 120 valence electrons. The van der Waals surface area contributed by atoms with Crippen molar-refractivity contribution in [2.45, 2.75) is 20.4 Å². The van der Waals surface area contributed by atoms with Gasteiger partial charge in [0, 0.05) is 50.7 Å². The molecule has 1 aliphatic heterocycles. The van der Waals surface area contributed by atoms with E-state index < -0.39 is 0 Å². The largest absolute Gasteiger partial charge is 0.336 e. The highest BCUT2D eigenvalue weighted by atomic mass is 16.2. The molecule has 1 saturated heterocycles. The molecule has 2 aromatic rings. The summed E-state index contributed by atoms with van der Waals surface area (Å²) in [5, 5.41) is 0. The Labute approximate surface area is 137 Å². The van der Waals surface area contributed by atoms with E-state index in [9.17, 15) is 4.79 Å². The summed E-state index contributed by atoms with van der Waals surface area (Å²) >= 11 is 0. The number of benzene rings is 1. The van der Waals surface area contributed by atoms with Gasteiger partial charge in [0.25, 0.3) is 5.91 Å². The third-order valence-corrected chi connectivity index (χ3v) is 4.62. The fourth-order valence-electron chi connectivity index (χ4n) is 3.01. The second-order valence-electron chi connectivity index (χ2n) is 6.18. The van der Waals surface area contributed by atoms with E-state index in [0.717, 1.165) is 43.9 Å². The van der Waals surface area contributed by atoms with E-state index in [2.05, 4.69) is 28.9 Å². The Morgan fingerprint density at radius 2 is 1.87 bits per heavy atom. The average molecular weight is 309 g/mol. The van der Waals surface area contributed by atoms with Crippen molar-refractivity contribution in [2.24, 2.45) is 0 Å². The van der Waals surface area contributed by atoms with Gasteiger partial charge in [-0.05, 0) is 42.7 Å². The van der Waals surface area contributed by atoms with E-state index in [4.69, 9.17) is 0 Å². The molecule has 0 saturated carbocycles. The Morgan fingerprint density at radius 1 is 1.09 bits per heavy atom. The van der Waals surface area contributed by atoms with Crippen LogP contribution in [0.25, 0.3) is 0 Å². The van der Waals surface area contributed by atoms with Crippen LogP contribution in [0.3, 0.4) is 0 Å². The van der Waals surface area contributed by atoms with Gasteiger partial charge >= 0.3 is 0 Å². The lowest BCUT2D eigenvalue weighted by molar-refractivity contribution is 0.0627. The molecule has 2 heterocycles. The molecule has 1 amide bonds. The third-order valence-electron chi connectivity index (χ3n) is 4.62. The van der Waals surface area contributed by atoms with E-state index in [1.807, 2.05) is 36.2 Å². The average Bonchev–Trinajstić information content (AvgIpc) is 2.58. The summed E-state index contributed by atoms with van der Waals surface area (Å²) in [7, 11) is 0. The van der Waals surface area contributed by atoms with Crippen LogP contribution >= 0.6 is 0 Å². The molecule has 4 heteroatoms. The minimum absolute atomic E-state index is 0.159. The van der Waals surface area contributed by atoms with Crippen LogP contribution in [0.1, 0.15) is 27.0 Å². The van der Waals surface area contributed by atoms with E-state index in [1.165, 1.54) is 11.1 Å². The van der Waals surface area contributed by atoms with Crippen molar-refractivity contribution in [3.05, 3.63) is 65.0 Å². The Kier molecular flexibility index (Phi) is 4.72. The van der Waals surface area contributed by atoms with Crippen LogP contribution in [-0.4, -0.2) is 46.9 Å². The molecule has 1 aromatic heterocycles. The molecule has 4 nitrogen and oxygen atoms in total. The topological polar surface area (TPSA) is 36.4 Å². The lowest BCUT2D eigenvalue weighted by atomic mass is 10.0. The first-order valence-electron chi connectivity index (χ1n) is 8.12. The third kappa shape index (κ3) is 3.59. The van der Waals surface area contributed by atoms with Crippen LogP contribution in [0.4, 0.5) is 0 Å². The molecule has 1 aromatic carbocycles. The molecule has 0 aliphatic carbocycles. The maximum absolute atomic E-state index is 12.7. The number of nitrogens with zero attached hydrogens (tertiary/aromatic N) is 3. The Hall–Kier alpha value is -2.20. The fourth-order valence-corrected chi connectivity index (χ4v) is 3.01. The number of rotatable bonds is 3. The molecule has 0 unspecified atom stereocenters. The first-order valence-corrected chi connectivity index (χ1v) is 8.12. The molecule has 0 atom stereocenters. The number of hydrogen-bond acceptors (Lipinski definition) is 3. The molecule has 23 heavy (non-hydrogen) atoms. The fraction of sp³-hybridized carbons (Fsp3) is 0.368. The molecule has 3 rings (SSSR count). The first-order chi connectivity index (χ1) is 11.1. The quantitative estimate of drug-likeness (QED) is 0.874. The predicted molar refractivity (Wildman–Crippen MR) is 91.3 cm³/mol. The second kappa shape index (κ2) is 6.92. The van der Waals surface area contributed by atoms with Crippen LogP contribution in [0.2, 0.25) is 0 Å². The van der Waals surface area contributed by atoms with Gasteiger partial charge in [-0.2, -0.15) is 0 Å². The number of aromatic nitrogens is 1. The van der Waals surface area contributed by atoms with Gasteiger partial charge in [0.1, 0.15) is 0 Å². The Morgan fingerprint density at radius 3 is 2.57 bits per heavy atom. The van der Waals surface area contributed by atoms with Crippen molar-refractivity contribution >= 4 is 5.91 Å². The summed E-state index contributed by atoms with van der Waals surface area (Å²) in [4.78, 5) is 21.2. The second-order valence-corrected chi connectivity index (χ2v) is 6.18. The van der Waals surface area contributed by atoms with Crippen LogP contribution in [0.5, 0.6) is 0 Å². The summed E-state index contributed by atoms with van der Waals surface area (Å²) in [6.45, 7) is 8.37. The predicted octanol–water partition coefficient (Wildman–Crippen LogP) is 2.66. The monoisotopic (exact) mass is 309 g/mol. The summed E-state index contributed by atoms with van der Waals surface area (Å²) in [6, 6.07) is 10.0. The van der Waals surface area contributed by atoms with Crippen molar-refractivity contribution in [2.75, 3.05) is 26.2 Å². The SMILES string of the molecule is Cc1cccc(C(=O)N2CCN(Cc3cccnc3)CC2)c1C. The lowest BCUT2D eigenvalue weighted by Gasteiger charge is -2.35. The number of piperazine rings is 1. The van der Waals surface area contributed by atoms with Gasteiger partial charge < -0.3 is 4.90 Å². The van der Waals surface area contributed by atoms with E-state index in [1.54, 1.807) is 6.20 Å². The van der Waals surface area contributed by atoms with Crippen molar-refractivity contribution < 1.29 is 4.79 Å². The number of carbonyl (C=O) groups excluding carboxylic acids is 1. The maximum Gasteiger partial charge on any atom is 0.254 e. The molecule has 0 N–H and O–H groups in total. The molecule has 0 bridgehead atoms. The van der Waals surface area contributed by atoms with Crippen molar-refractivity contribution in [3.8, 4) is 0 Å². The van der Waals surface area contributed by atoms with Gasteiger partial charge in [-0.15, -0.1) is 0 Å². The number of amides is 1. The molecule has 1 fully saturated rings. The zero-order valence-corrected chi connectivity index (χ0v) is 13.8. The van der Waals surface area contributed by atoms with Gasteiger partial charge in [-0.1, -0.05) is 18.2 Å². The maximum atomic E-state index is 12.7. The van der Waals surface area contributed by atoms with Crippen molar-refractivity contribution in [3.63, 3.8) is 0 Å². The summed E-state index contributed by atoms with van der Waals surface area (Å²) < 4.78 is 0. The smallest absolute Gasteiger partial charge is 0.254 e. The number of carbonyl (C=O) groups is 1. The Bertz CT molecular complexity index is 676. The number of pyridine rings is 1. The highest BCUT2D eigenvalue weighted by Gasteiger charge is 2.23. The van der Waals surface area contributed by atoms with Crippen LogP contribution < -0.4 is 0 Å². The van der Waals surface area contributed by atoms with Crippen LogP contribution in [-0.2, 0) is 6.54 Å². The highest BCUT2D eigenvalue weighted by molar-refractivity contribution is 5.96. The molecular weight excluding hydrogens is 286 g/mol. The summed E-state index contributed by atoms with van der Waals surface area (Å²) in [5.41, 5.74) is 4.33. The van der Waals surface area contributed by atoms with Gasteiger partial charge in [-0.25, -0.2) is 0 Å². The number of aryl methyl sites for hydroxylation is 1.